The van der Waals surface area contributed by atoms with Crippen LogP contribution in [0.3, 0.4) is 0 Å². The highest BCUT2D eigenvalue weighted by Gasteiger charge is 2.28. The second-order valence-electron chi connectivity index (χ2n) is 9.33. The Balaban J connectivity index is 1.56. The standard InChI is InChI=1S/C28H27N5O2/c1-18-9-6-14-23(19(18)2)31-15-8-16-32-24-25(29-27(31)32)30(3)28(35)33(26(24)34)17-21-12-7-11-20-10-4-5-13-22(20)21/h4-7,9-14H,8,15-17H2,1-3H3. The van der Waals surface area contributed by atoms with Crippen LogP contribution in [0.4, 0.5) is 11.6 Å². The number of imidazole rings is 1. The number of fused-ring (bicyclic) bond motifs is 4. The number of anilines is 2. The van der Waals surface area contributed by atoms with Gasteiger partial charge >= 0.3 is 5.69 Å². The van der Waals surface area contributed by atoms with E-state index >= 15 is 0 Å². The van der Waals surface area contributed by atoms with Crippen molar-refractivity contribution in [2.24, 2.45) is 7.05 Å². The van der Waals surface area contributed by atoms with Crippen LogP contribution in [0.1, 0.15) is 23.1 Å². The van der Waals surface area contributed by atoms with E-state index in [0.717, 1.165) is 40.9 Å². The van der Waals surface area contributed by atoms with Gasteiger partial charge in [0.25, 0.3) is 5.56 Å². The minimum absolute atomic E-state index is 0.212. The highest BCUT2D eigenvalue weighted by molar-refractivity contribution is 5.85. The molecular weight excluding hydrogens is 438 g/mol. The number of nitrogens with zero attached hydrogens (tertiary/aromatic N) is 5. The van der Waals surface area contributed by atoms with E-state index in [2.05, 4.69) is 30.9 Å². The maximum absolute atomic E-state index is 13.8. The maximum Gasteiger partial charge on any atom is 0.332 e. The molecule has 0 radical (unpaired) electrons. The molecule has 3 heterocycles. The van der Waals surface area contributed by atoms with E-state index in [1.165, 1.54) is 20.3 Å². The first-order chi connectivity index (χ1) is 17.0. The number of hydrogen-bond donors (Lipinski definition) is 0. The molecule has 0 saturated carbocycles. The van der Waals surface area contributed by atoms with Crippen LogP contribution in [0, 0.1) is 13.8 Å². The third-order valence-electron chi connectivity index (χ3n) is 7.29. The quantitative estimate of drug-likeness (QED) is 0.400. The Labute approximate surface area is 202 Å². The van der Waals surface area contributed by atoms with Gasteiger partial charge in [-0.2, -0.15) is 4.98 Å². The number of hydrogen-bond acceptors (Lipinski definition) is 4. The molecule has 0 fully saturated rings. The van der Waals surface area contributed by atoms with E-state index in [-0.39, 0.29) is 17.8 Å². The van der Waals surface area contributed by atoms with Gasteiger partial charge in [-0.1, -0.05) is 54.6 Å². The summed E-state index contributed by atoms with van der Waals surface area (Å²) >= 11 is 0. The molecule has 0 bridgehead atoms. The molecule has 1 aliphatic heterocycles. The Kier molecular flexibility index (Phi) is 4.88. The molecule has 7 nitrogen and oxygen atoms in total. The molecule has 176 valence electrons. The van der Waals surface area contributed by atoms with Crippen LogP contribution >= 0.6 is 0 Å². The van der Waals surface area contributed by atoms with Gasteiger partial charge in [0.05, 0.1) is 6.54 Å². The Morgan fingerprint density at radius 2 is 1.69 bits per heavy atom. The second kappa shape index (κ2) is 7.98. The van der Waals surface area contributed by atoms with Gasteiger partial charge in [-0.3, -0.25) is 13.9 Å². The normalized spacial score (nSPS) is 13.5. The van der Waals surface area contributed by atoms with E-state index in [1.54, 1.807) is 7.05 Å². The molecule has 5 aromatic rings. The highest BCUT2D eigenvalue weighted by Crippen LogP contribution is 2.33. The summed E-state index contributed by atoms with van der Waals surface area (Å²) in [5.41, 5.74) is 4.69. The van der Waals surface area contributed by atoms with Crippen LogP contribution in [0.5, 0.6) is 0 Å². The van der Waals surface area contributed by atoms with Gasteiger partial charge in [0, 0.05) is 25.8 Å². The lowest BCUT2D eigenvalue weighted by Crippen LogP contribution is -2.40. The number of rotatable bonds is 3. The molecule has 0 spiro atoms. The number of aromatic nitrogens is 4. The van der Waals surface area contributed by atoms with Gasteiger partial charge in [-0.15, -0.1) is 0 Å². The molecule has 0 saturated heterocycles. The molecule has 2 aromatic heterocycles. The Hall–Kier alpha value is -4.13. The zero-order valence-electron chi connectivity index (χ0n) is 20.2. The summed E-state index contributed by atoms with van der Waals surface area (Å²) in [5.74, 6) is 0.718. The highest BCUT2D eigenvalue weighted by atomic mass is 16.2. The topological polar surface area (TPSA) is 65.1 Å². The Bertz CT molecular complexity index is 1740. The third kappa shape index (κ3) is 3.22. The van der Waals surface area contributed by atoms with E-state index < -0.39 is 0 Å². The average molecular weight is 466 g/mol. The molecule has 3 aromatic carbocycles. The Morgan fingerprint density at radius 1 is 0.914 bits per heavy atom. The van der Waals surface area contributed by atoms with Crippen molar-refractivity contribution in [1.82, 2.24) is 18.7 Å². The second-order valence-corrected chi connectivity index (χ2v) is 9.33. The third-order valence-corrected chi connectivity index (χ3v) is 7.29. The fourth-order valence-electron chi connectivity index (χ4n) is 5.26. The summed E-state index contributed by atoms with van der Waals surface area (Å²) in [6.45, 7) is 5.92. The molecular formula is C28H27N5O2. The predicted octanol–water partition coefficient (Wildman–Crippen LogP) is 4.26. The van der Waals surface area contributed by atoms with Crippen LogP contribution in [0.25, 0.3) is 21.9 Å². The monoisotopic (exact) mass is 465 g/mol. The smallest absolute Gasteiger partial charge is 0.312 e. The molecule has 0 amide bonds. The Morgan fingerprint density at radius 3 is 2.54 bits per heavy atom. The van der Waals surface area contributed by atoms with Crippen molar-refractivity contribution < 1.29 is 0 Å². The van der Waals surface area contributed by atoms with Crippen molar-refractivity contribution >= 4 is 33.6 Å². The summed E-state index contributed by atoms with van der Waals surface area (Å²) in [5, 5.41) is 2.13. The van der Waals surface area contributed by atoms with Crippen molar-refractivity contribution in [2.75, 3.05) is 11.4 Å². The van der Waals surface area contributed by atoms with E-state index in [4.69, 9.17) is 4.98 Å². The molecule has 35 heavy (non-hydrogen) atoms. The van der Waals surface area contributed by atoms with Gasteiger partial charge in [0.2, 0.25) is 5.95 Å². The SMILES string of the molecule is Cc1cccc(N2CCCn3c2nc2c3c(=O)n(Cc3cccc4ccccc34)c(=O)n2C)c1C. The van der Waals surface area contributed by atoms with Crippen LogP contribution in [0.2, 0.25) is 0 Å². The minimum atomic E-state index is -0.357. The van der Waals surface area contributed by atoms with Gasteiger partial charge in [-0.25, -0.2) is 4.79 Å². The van der Waals surface area contributed by atoms with Crippen molar-refractivity contribution in [2.45, 2.75) is 33.4 Å². The summed E-state index contributed by atoms with van der Waals surface area (Å²) in [4.78, 5) is 34.2. The fourth-order valence-corrected chi connectivity index (χ4v) is 5.26. The molecule has 0 aliphatic carbocycles. The van der Waals surface area contributed by atoms with E-state index in [9.17, 15) is 9.59 Å². The minimum Gasteiger partial charge on any atom is -0.312 e. The van der Waals surface area contributed by atoms with Crippen LogP contribution in [-0.2, 0) is 20.1 Å². The lowest BCUT2D eigenvalue weighted by atomic mass is 10.0. The lowest BCUT2D eigenvalue weighted by Gasteiger charge is -2.30. The first-order valence-electron chi connectivity index (χ1n) is 12.0. The molecule has 0 unspecified atom stereocenters. The molecule has 0 atom stereocenters. The maximum atomic E-state index is 13.8. The largest absolute Gasteiger partial charge is 0.332 e. The summed E-state index contributed by atoms with van der Waals surface area (Å²) < 4.78 is 4.84. The number of benzene rings is 3. The molecule has 7 heteroatoms. The van der Waals surface area contributed by atoms with Gasteiger partial charge < -0.3 is 9.47 Å². The first-order valence-corrected chi connectivity index (χ1v) is 12.0. The van der Waals surface area contributed by atoms with E-state index in [1.807, 2.05) is 53.1 Å². The average Bonchev–Trinajstić information content (AvgIpc) is 3.27. The van der Waals surface area contributed by atoms with Gasteiger partial charge in [0.15, 0.2) is 11.2 Å². The fraction of sp³-hybridized carbons (Fsp3) is 0.250. The first kappa shape index (κ1) is 21.4. The van der Waals surface area contributed by atoms with Crippen molar-refractivity contribution in [1.29, 1.82) is 0 Å². The van der Waals surface area contributed by atoms with Gasteiger partial charge in [-0.05, 0) is 53.8 Å². The summed E-state index contributed by atoms with van der Waals surface area (Å²) in [6.07, 6.45) is 0.886. The molecule has 0 N–H and O–H groups in total. The van der Waals surface area contributed by atoms with Crippen molar-refractivity contribution in [3.8, 4) is 0 Å². The zero-order valence-corrected chi connectivity index (χ0v) is 20.2. The van der Waals surface area contributed by atoms with Crippen molar-refractivity contribution in [3.05, 3.63) is 98.2 Å². The van der Waals surface area contributed by atoms with Crippen LogP contribution in [0.15, 0.2) is 70.3 Å². The predicted molar refractivity (Wildman–Crippen MR) is 140 cm³/mol. The van der Waals surface area contributed by atoms with Gasteiger partial charge in [0.1, 0.15) is 0 Å². The molecule has 6 rings (SSSR count). The summed E-state index contributed by atoms with van der Waals surface area (Å²) in [7, 11) is 1.70. The van der Waals surface area contributed by atoms with Crippen LogP contribution < -0.4 is 16.1 Å². The zero-order chi connectivity index (χ0) is 24.3. The summed E-state index contributed by atoms with van der Waals surface area (Å²) in [6, 6.07) is 20.3. The van der Waals surface area contributed by atoms with E-state index in [0.29, 0.717) is 17.7 Å². The number of aryl methyl sites for hydroxylation is 3. The lowest BCUT2D eigenvalue weighted by molar-refractivity contribution is 0.597. The van der Waals surface area contributed by atoms with Crippen LogP contribution in [-0.4, -0.2) is 25.2 Å². The molecule has 1 aliphatic rings. The van der Waals surface area contributed by atoms with Crippen molar-refractivity contribution in [3.63, 3.8) is 0 Å².